The maximum atomic E-state index is 13.3. The van der Waals surface area contributed by atoms with E-state index in [9.17, 15) is 14.4 Å². The number of aromatic amines is 1. The normalized spacial score (nSPS) is 14.4. The molecule has 0 atom stereocenters. The van der Waals surface area contributed by atoms with E-state index in [0.717, 1.165) is 18.4 Å². The summed E-state index contributed by atoms with van der Waals surface area (Å²) in [5.41, 5.74) is 1.77. The molecule has 0 spiro atoms. The Morgan fingerprint density at radius 3 is 2.53 bits per heavy atom. The van der Waals surface area contributed by atoms with Crippen molar-refractivity contribution in [1.82, 2.24) is 20.6 Å². The predicted octanol–water partition coefficient (Wildman–Crippen LogP) is 3.75. The van der Waals surface area contributed by atoms with Crippen molar-refractivity contribution in [2.24, 2.45) is 0 Å². The highest BCUT2D eigenvalue weighted by atomic mass is 16.2. The van der Waals surface area contributed by atoms with Crippen LogP contribution in [0.3, 0.4) is 0 Å². The minimum Gasteiger partial charge on any atom is -0.334 e. The van der Waals surface area contributed by atoms with Crippen molar-refractivity contribution >= 4 is 17.6 Å². The van der Waals surface area contributed by atoms with E-state index in [-0.39, 0.29) is 17.5 Å². The van der Waals surface area contributed by atoms with Gasteiger partial charge in [0.05, 0.1) is 0 Å². The van der Waals surface area contributed by atoms with Gasteiger partial charge in [0.1, 0.15) is 11.4 Å². The van der Waals surface area contributed by atoms with Gasteiger partial charge in [-0.2, -0.15) is 0 Å². The number of rotatable bonds is 7. The van der Waals surface area contributed by atoms with E-state index < -0.39 is 5.54 Å². The van der Waals surface area contributed by atoms with Crippen LogP contribution in [0.15, 0.2) is 65.5 Å². The molecule has 2 aromatic carbocycles. The van der Waals surface area contributed by atoms with Crippen LogP contribution in [-0.4, -0.2) is 27.4 Å². The van der Waals surface area contributed by atoms with Crippen LogP contribution >= 0.6 is 0 Å². The molecule has 8 nitrogen and oxygen atoms in total. The first kappa shape index (κ1) is 23.2. The highest BCUT2D eigenvalue weighted by Crippen LogP contribution is 2.31. The predicted molar refractivity (Wildman–Crippen MR) is 131 cm³/mol. The smallest absolute Gasteiger partial charge is 0.315 e. The summed E-state index contributed by atoms with van der Waals surface area (Å²) < 4.78 is 0. The lowest BCUT2D eigenvalue weighted by Gasteiger charge is -2.29. The lowest BCUT2D eigenvalue weighted by Crippen LogP contribution is -2.57. The molecule has 1 aliphatic rings. The van der Waals surface area contributed by atoms with Gasteiger partial charge in [-0.3, -0.25) is 9.59 Å². The van der Waals surface area contributed by atoms with Crippen molar-refractivity contribution < 1.29 is 9.59 Å². The lowest BCUT2D eigenvalue weighted by atomic mass is 9.96. The molecule has 176 valence electrons. The van der Waals surface area contributed by atoms with Crippen molar-refractivity contribution in [3.8, 4) is 11.4 Å². The number of hydrogen-bond acceptors (Lipinski definition) is 4. The maximum absolute atomic E-state index is 13.3. The van der Waals surface area contributed by atoms with E-state index in [4.69, 9.17) is 0 Å². The van der Waals surface area contributed by atoms with E-state index in [1.54, 1.807) is 18.2 Å². The van der Waals surface area contributed by atoms with Crippen molar-refractivity contribution in [2.45, 2.75) is 51.1 Å². The molecule has 34 heavy (non-hydrogen) atoms. The Balaban J connectivity index is 1.46. The van der Waals surface area contributed by atoms with Crippen LogP contribution in [0.1, 0.15) is 43.9 Å². The molecule has 1 aromatic heterocycles. The number of nitrogens with one attached hydrogen (secondary N) is 4. The zero-order valence-corrected chi connectivity index (χ0v) is 19.2. The molecule has 4 rings (SSSR count). The van der Waals surface area contributed by atoms with Crippen molar-refractivity contribution in [1.29, 1.82) is 0 Å². The molecular formula is C26H29N5O3. The number of urea groups is 1. The average Bonchev–Trinajstić information content (AvgIpc) is 3.33. The minimum atomic E-state index is -0.967. The first-order chi connectivity index (χ1) is 16.5. The van der Waals surface area contributed by atoms with Crippen LogP contribution in [0.4, 0.5) is 10.5 Å². The number of aryl methyl sites for hydroxylation is 1. The van der Waals surface area contributed by atoms with Gasteiger partial charge in [-0.1, -0.05) is 62.2 Å². The van der Waals surface area contributed by atoms with E-state index >= 15 is 0 Å². The highest BCUT2D eigenvalue weighted by molar-refractivity contribution is 6.01. The number of benzene rings is 2. The first-order valence-corrected chi connectivity index (χ1v) is 11.6. The van der Waals surface area contributed by atoms with Gasteiger partial charge in [0, 0.05) is 29.6 Å². The number of H-pyrrole nitrogens is 1. The Bertz CT molecular complexity index is 1220. The summed E-state index contributed by atoms with van der Waals surface area (Å²) in [5.74, 6) is 0.204. The van der Waals surface area contributed by atoms with Crippen LogP contribution in [0, 0.1) is 0 Å². The molecule has 1 fully saturated rings. The summed E-state index contributed by atoms with van der Waals surface area (Å²) in [6.45, 7) is 2.32. The molecule has 0 radical (unpaired) electrons. The van der Waals surface area contributed by atoms with Gasteiger partial charge in [-0.25, -0.2) is 9.78 Å². The molecule has 3 aromatic rings. The second-order valence-electron chi connectivity index (χ2n) is 8.56. The van der Waals surface area contributed by atoms with Crippen molar-refractivity contribution in [3.05, 3.63) is 82.3 Å². The number of amides is 3. The molecule has 3 amide bonds. The number of nitrogens with zero attached hydrogens (tertiary/aromatic N) is 1. The molecule has 0 aliphatic heterocycles. The Labute approximate surface area is 198 Å². The van der Waals surface area contributed by atoms with Gasteiger partial charge < -0.3 is 20.9 Å². The minimum absolute atomic E-state index is 0.216. The molecular weight excluding hydrogens is 430 g/mol. The number of hydrogen-bond donors (Lipinski definition) is 4. The first-order valence-electron chi connectivity index (χ1n) is 11.6. The monoisotopic (exact) mass is 459 g/mol. The standard InChI is InChI=1S/C26H29N5O3/c1-2-20-16-22(32)30-23(28-20)19-11-8-12-21(15-19)29-24(33)26(13-6-7-14-26)31-25(34)27-17-18-9-4-3-5-10-18/h3-5,8-12,15-16H,2,6-7,13-14,17H2,1H3,(H,29,33)(H2,27,31,34)(H,28,30,32). The number of aromatic nitrogens is 2. The molecule has 0 saturated heterocycles. The van der Waals surface area contributed by atoms with E-state index in [1.807, 2.05) is 43.3 Å². The third kappa shape index (κ3) is 5.51. The van der Waals surface area contributed by atoms with E-state index in [0.29, 0.717) is 48.6 Å². The number of anilines is 1. The summed E-state index contributed by atoms with van der Waals surface area (Å²) >= 11 is 0. The third-order valence-electron chi connectivity index (χ3n) is 6.09. The van der Waals surface area contributed by atoms with Crippen molar-refractivity contribution in [3.63, 3.8) is 0 Å². The van der Waals surface area contributed by atoms with Gasteiger partial charge in [0.15, 0.2) is 0 Å². The van der Waals surface area contributed by atoms with Gasteiger partial charge in [0.2, 0.25) is 5.91 Å². The Morgan fingerprint density at radius 1 is 1.03 bits per heavy atom. The van der Waals surface area contributed by atoms with Crippen LogP contribution < -0.4 is 21.5 Å². The summed E-state index contributed by atoms with van der Waals surface area (Å²) in [5, 5.41) is 8.73. The van der Waals surface area contributed by atoms with Gasteiger partial charge in [0.25, 0.3) is 5.56 Å². The van der Waals surface area contributed by atoms with E-state index in [1.165, 1.54) is 6.07 Å². The summed E-state index contributed by atoms with van der Waals surface area (Å²) in [6, 6.07) is 17.9. The molecule has 4 N–H and O–H groups in total. The zero-order valence-electron chi connectivity index (χ0n) is 19.2. The SMILES string of the molecule is CCc1cc(=O)[nH]c(-c2cccc(NC(=O)C3(NC(=O)NCc4ccccc4)CCCC3)c2)n1. The zero-order chi connectivity index (χ0) is 24.0. The molecule has 1 heterocycles. The highest BCUT2D eigenvalue weighted by Gasteiger charge is 2.42. The molecule has 8 heteroatoms. The Hall–Kier alpha value is -3.94. The quantitative estimate of drug-likeness (QED) is 0.431. The Kier molecular flexibility index (Phi) is 7.06. The molecule has 1 saturated carbocycles. The second kappa shape index (κ2) is 10.3. The average molecular weight is 460 g/mol. The van der Waals surface area contributed by atoms with Crippen LogP contribution in [-0.2, 0) is 17.8 Å². The second-order valence-corrected chi connectivity index (χ2v) is 8.56. The maximum Gasteiger partial charge on any atom is 0.315 e. The van der Waals surface area contributed by atoms with Gasteiger partial charge in [-0.15, -0.1) is 0 Å². The van der Waals surface area contributed by atoms with Gasteiger partial charge in [-0.05, 0) is 37.0 Å². The van der Waals surface area contributed by atoms with Gasteiger partial charge >= 0.3 is 6.03 Å². The van der Waals surface area contributed by atoms with Crippen LogP contribution in [0.2, 0.25) is 0 Å². The molecule has 1 aliphatic carbocycles. The Morgan fingerprint density at radius 2 is 1.79 bits per heavy atom. The fraction of sp³-hybridized carbons (Fsp3) is 0.308. The number of carbonyl (C=O) groups excluding carboxylic acids is 2. The third-order valence-corrected chi connectivity index (χ3v) is 6.09. The molecule has 0 unspecified atom stereocenters. The summed E-state index contributed by atoms with van der Waals surface area (Å²) in [4.78, 5) is 45.1. The van der Waals surface area contributed by atoms with Crippen molar-refractivity contribution in [2.75, 3.05) is 5.32 Å². The van der Waals surface area contributed by atoms with Crippen LogP contribution in [0.25, 0.3) is 11.4 Å². The fourth-order valence-corrected chi connectivity index (χ4v) is 4.25. The lowest BCUT2D eigenvalue weighted by molar-refractivity contribution is -0.121. The number of carbonyl (C=O) groups is 2. The van der Waals surface area contributed by atoms with E-state index in [2.05, 4.69) is 25.9 Å². The van der Waals surface area contributed by atoms with Crippen LogP contribution in [0.5, 0.6) is 0 Å². The summed E-state index contributed by atoms with van der Waals surface area (Å²) in [7, 11) is 0. The fourth-order valence-electron chi connectivity index (χ4n) is 4.25. The molecule has 0 bridgehead atoms. The topological polar surface area (TPSA) is 116 Å². The largest absolute Gasteiger partial charge is 0.334 e. The summed E-state index contributed by atoms with van der Waals surface area (Å²) in [6.07, 6.45) is 3.52.